The van der Waals surface area contributed by atoms with Crippen LogP contribution < -0.4 is 10.5 Å². The first-order valence-electron chi connectivity index (χ1n) is 6.60. The molecule has 1 saturated carbocycles. The molecule has 1 fully saturated rings. The highest BCUT2D eigenvalue weighted by Crippen LogP contribution is 2.32. The van der Waals surface area contributed by atoms with E-state index in [1.807, 2.05) is 18.2 Å². The lowest BCUT2D eigenvalue weighted by molar-refractivity contribution is 0.155. The highest BCUT2D eigenvalue weighted by atomic mass is 32.2. The number of hydrogen-bond acceptors (Lipinski definition) is 5. The average molecular weight is 316 g/mol. The molecule has 0 amide bonds. The Balaban J connectivity index is 1.73. The van der Waals surface area contributed by atoms with E-state index in [1.165, 1.54) is 11.8 Å². The lowest BCUT2D eigenvalue weighted by atomic mass is 10.2. The third kappa shape index (κ3) is 4.97. The summed E-state index contributed by atoms with van der Waals surface area (Å²) in [6.45, 7) is 0.116. The van der Waals surface area contributed by atoms with Crippen molar-refractivity contribution in [2.75, 3.05) is 23.8 Å². The van der Waals surface area contributed by atoms with Crippen LogP contribution in [0.4, 0.5) is 5.69 Å². The van der Waals surface area contributed by atoms with Gasteiger partial charge in [0.1, 0.15) is 0 Å². The molecule has 1 aromatic carbocycles. The van der Waals surface area contributed by atoms with E-state index in [9.17, 15) is 13.5 Å². The molecule has 1 aliphatic rings. The Kier molecular flexibility index (Phi) is 5.31. The summed E-state index contributed by atoms with van der Waals surface area (Å²) in [5.74, 6) is 0.725. The van der Waals surface area contributed by atoms with Crippen LogP contribution in [0, 0.1) is 5.92 Å². The van der Waals surface area contributed by atoms with Crippen molar-refractivity contribution >= 4 is 27.5 Å². The second-order valence-corrected chi connectivity index (χ2v) is 8.02. The summed E-state index contributed by atoms with van der Waals surface area (Å²) < 4.78 is 26.0. The average Bonchev–Trinajstić information content (AvgIpc) is 3.23. The zero-order valence-electron chi connectivity index (χ0n) is 11.2. The van der Waals surface area contributed by atoms with Crippen molar-refractivity contribution in [1.29, 1.82) is 0 Å². The number of sulfonamides is 1. The molecule has 4 N–H and O–H groups in total. The Morgan fingerprint density at radius 3 is 2.75 bits per heavy atom. The predicted molar refractivity (Wildman–Crippen MR) is 82.1 cm³/mol. The van der Waals surface area contributed by atoms with Crippen LogP contribution in [0.15, 0.2) is 29.2 Å². The molecule has 7 heteroatoms. The van der Waals surface area contributed by atoms with Gasteiger partial charge in [0.25, 0.3) is 0 Å². The van der Waals surface area contributed by atoms with Crippen molar-refractivity contribution in [3.8, 4) is 0 Å². The van der Waals surface area contributed by atoms with E-state index in [0.29, 0.717) is 11.4 Å². The molecule has 0 bridgehead atoms. The third-order valence-electron chi connectivity index (χ3n) is 3.21. The van der Waals surface area contributed by atoms with Crippen molar-refractivity contribution in [1.82, 2.24) is 4.72 Å². The van der Waals surface area contributed by atoms with Crippen LogP contribution in [0.1, 0.15) is 12.8 Å². The van der Waals surface area contributed by atoms with Gasteiger partial charge in [0, 0.05) is 22.9 Å². The molecular weight excluding hydrogens is 296 g/mol. The first-order valence-corrected chi connectivity index (χ1v) is 9.24. The standard InChI is InChI=1S/C13H20N2O3S2/c14-11-3-1-2-4-13(11)19-7-8-20(17,18)15-9-12(16)10-5-6-10/h1-4,10,12,15-16H,5-9,14H2. The summed E-state index contributed by atoms with van der Waals surface area (Å²) in [7, 11) is -3.34. The van der Waals surface area contributed by atoms with Crippen LogP contribution in [0.25, 0.3) is 0 Å². The number of para-hydroxylation sites is 1. The maximum Gasteiger partial charge on any atom is 0.212 e. The van der Waals surface area contributed by atoms with Crippen LogP contribution in [0.3, 0.4) is 0 Å². The number of anilines is 1. The molecule has 0 spiro atoms. The number of nitrogens with two attached hydrogens (primary N) is 1. The molecule has 0 saturated heterocycles. The van der Waals surface area contributed by atoms with Crippen molar-refractivity contribution in [2.45, 2.75) is 23.8 Å². The normalized spacial score (nSPS) is 17.1. The van der Waals surface area contributed by atoms with Crippen molar-refractivity contribution in [2.24, 2.45) is 5.92 Å². The van der Waals surface area contributed by atoms with Gasteiger partial charge in [-0.2, -0.15) is 0 Å². The smallest absolute Gasteiger partial charge is 0.212 e. The Hall–Kier alpha value is -0.760. The second-order valence-electron chi connectivity index (χ2n) is 4.96. The number of thioether (sulfide) groups is 1. The van der Waals surface area contributed by atoms with Crippen LogP contribution in [-0.4, -0.2) is 37.7 Å². The molecule has 112 valence electrons. The second kappa shape index (κ2) is 6.80. The van der Waals surface area contributed by atoms with E-state index in [-0.39, 0.29) is 18.2 Å². The fourth-order valence-electron chi connectivity index (χ4n) is 1.81. The Bertz CT molecular complexity index is 544. The molecule has 1 aliphatic carbocycles. The zero-order chi connectivity index (χ0) is 14.6. The number of nitrogens with one attached hydrogen (secondary N) is 1. The number of hydrogen-bond donors (Lipinski definition) is 3. The molecule has 1 unspecified atom stereocenters. The Morgan fingerprint density at radius 1 is 1.40 bits per heavy atom. The summed E-state index contributed by atoms with van der Waals surface area (Å²) in [5.41, 5.74) is 6.45. The van der Waals surface area contributed by atoms with E-state index >= 15 is 0 Å². The van der Waals surface area contributed by atoms with E-state index in [1.54, 1.807) is 6.07 Å². The molecule has 0 heterocycles. The maximum absolute atomic E-state index is 11.8. The fourth-order valence-corrected chi connectivity index (χ4v) is 4.21. The molecule has 0 aromatic heterocycles. The highest BCUT2D eigenvalue weighted by molar-refractivity contribution is 8.00. The largest absolute Gasteiger partial charge is 0.398 e. The number of nitrogen functional groups attached to an aromatic ring is 1. The summed E-state index contributed by atoms with van der Waals surface area (Å²) in [4.78, 5) is 0.890. The summed E-state index contributed by atoms with van der Waals surface area (Å²) in [6, 6.07) is 7.38. The summed E-state index contributed by atoms with van der Waals surface area (Å²) in [6.07, 6.45) is 1.43. The summed E-state index contributed by atoms with van der Waals surface area (Å²) in [5, 5.41) is 9.64. The molecule has 2 rings (SSSR count). The van der Waals surface area contributed by atoms with Gasteiger partial charge in [-0.25, -0.2) is 13.1 Å². The van der Waals surface area contributed by atoms with E-state index in [0.717, 1.165) is 17.7 Å². The van der Waals surface area contributed by atoms with Gasteiger partial charge >= 0.3 is 0 Å². The van der Waals surface area contributed by atoms with Crippen LogP contribution >= 0.6 is 11.8 Å². The molecule has 5 nitrogen and oxygen atoms in total. The quantitative estimate of drug-likeness (QED) is 0.492. The number of aliphatic hydroxyl groups is 1. The molecular formula is C13H20N2O3S2. The molecule has 0 aliphatic heterocycles. The molecule has 1 atom stereocenters. The first-order chi connectivity index (χ1) is 9.48. The summed E-state index contributed by atoms with van der Waals surface area (Å²) >= 11 is 1.42. The minimum absolute atomic E-state index is 0.0172. The van der Waals surface area contributed by atoms with Gasteiger partial charge in [-0.15, -0.1) is 11.8 Å². The fraction of sp³-hybridized carbons (Fsp3) is 0.538. The lowest BCUT2D eigenvalue weighted by Gasteiger charge is -2.11. The number of aliphatic hydroxyl groups excluding tert-OH is 1. The zero-order valence-corrected chi connectivity index (χ0v) is 12.8. The van der Waals surface area contributed by atoms with E-state index in [2.05, 4.69) is 4.72 Å². The van der Waals surface area contributed by atoms with Gasteiger partial charge < -0.3 is 10.8 Å². The Morgan fingerprint density at radius 2 is 2.10 bits per heavy atom. The van der Waals surface area contributed by atoms with Crippen molar-refractivity contribution in [3.63, 3.8) is 0 Å². The SMILES string of the molecule is Nc1ccccc1SCCS(=O)(=O)NCC(O)C1CC1. The van der Waals surface area contributed by atoms with Gasteiger partial charge in [0.2, 0.25) is 10.0 Å². The van der Waals surface area contributed by atoms with Crippen LogP contribution in [0.5, 0.6) is 0 Å². The van der Waals surface area contributed by atoms with E-state index in [4.69, 9.17) is 5.73 Å². The van der Waals surface area contributed by atoms with Gasteiger partial charge in [-0.3, -0.25) is 0 Å². The topological polar surface area (TPSA) is 92.4 Å². The monoisotopic (exact) mass is 316 g/mol. The van der Waals surface area contributed by atoms with Crippen molar-refractivity contribution in [3.05, 3.63) is 24.3 Å². The first kappa shape index (κ1) is 15.6. The predicted octanol–water partition coefficient (Wildman–Crippen LogP) is 1.05. The van der Waals surface area contributed by atoms with Crippen LogP contribution in [0.2, 0.25) is 0 Å². The van der Waals surface area contributed by atoms with Gasteiger partial charge in [-0.05, 0) is 30.9 Å². The minimum atomic E-state index is -3.34. The molecule has 1 aromatic rings. The molecule has 20 heavy (non-hydrogen) atoms. The lowest BCUT2D eigenvalue weighted by Crippen LogP contribution is -2.35. The van der Waals surface area contributed by atoms with Crippen LogP contribution in [-0.2, 0) is 10.0 Å². The highest BCUT2D eigenvalue weighted by Gasteiger charge is 2.30. The number of rotatable bonds is 8. The number of benzene rings is 1. The van der Waals surface area contributed by atoms with Gasteiger partial charge in [-0.1, -0.05) is 12.1 Å². The maximum atomic E-state index is 11.8. The van der Waals surface area contributed by atoms with Gasteiger partial charge in [0.05, 0.1) is 11.9 Å². The Labute approximate surface area is 124 Å². The molecule has 0 radical (unpaired) electrons. The third-order valence-corrected chi connectivity index (χ3v) is 5.90. The van der Waals surface area contributed by atoms with E-state index < -0.39 is 16.1 Å². The van der Waals surface area contributed by atoms with Gasteiger partial charge in [0.15, 0.2) is 0 Å². The van der Waals surface area contributed by atoms with Crippen molar-refractivity contribution < 1.29 is 13.5 Å². The minimum Gasteiger partial charge on any atom is -0.398 e.